The van der Waals surface area contributed by atoms with E-state index in [2.05, 4.69) is 10.6 Å². The average molecular weight is 313 g/mol. The molecule has 7 heteroatoms. The van der Waals surface area contributed by atoms with Crippen molar-refractivity contribution in [3.63, 3.8) is 0 Å². The number of carbonyl (C=O) groups excluding carboxylic acids is 1. The number of amides is 2. The van der Waals surface area contributed by atoms with Gasteiger partial charge < -0.3 is 20.2 Å². The fraction of sp³-hybridized carbons (Fsp3) is 0.214. The predicted octanol–water partition coefficient (Wildman–Crippen LogP) is 3.10. The van der Waals surface area contributed by atoms with Crippen molar-refractivity contribution in [1.29, 1.82) is 0 Å². The monoisotopic (exact) mass is 312 g/mol. The first-order valence-corrected chi connectivity index (χ1v) is 6.52. The van der Waals surface area contributed by atoms with Crippen molar-refractivity contribution >= 4 is 23.3 Å². The summed E-state index contributed by atoms with van der Waals surface area (Å²) in [5, 5.41) is 15.2. The lowest BCUT2D eigenvalue weighted by atomic mass is 10.0. The Morgan fingerprint density at radius 2 is 2.24 bits per heavy atom. The SMILES string of the molecule is C[C@](O)(CNC(=O)Nc1cc(Cl)ccc1F)c1ccco1. The molecular weight excluding hydrogens is 299 g/mol. The van der Waals surface area contributed by atoms with E-state index in [1.165, 1.54) is 25.3 Å². The molecule has 21 heavy (non-hydrogen) atoms. The second-order valence-corrected chi connectivity index (χ2v) is 5.12. The minimum absolute atomic E-state index is 0.0439. The number of nitrogens with one attached hydrogen (secondary N) is 2. The molecule has 2 amide bonds. The number of anilines is 1. The molecule has 5 nitrogen and oxygen atoms in total. The van der Waals surface area contributed by atoms with Crippen molar-refractivity contribution in [2.24, 2.45) is 0 Å². The van der Waals surface area contributed by atoms with Gasteiger partial charge in [0.15, 0.2) is 0 Å². The molecule has 1 aromatic heterocycles. The maximum Gasteiger partial charge on any atom is 0.319 e. The molecule has 0 aliphatic heterocycles. The fourth-order valence-electron chi connectivity index (χ4n) is 1.68. The third-order valence-electron chi connectivity index (χ3n) is 2.82. The lowest BCUT2D eigenvalue weighted by Crippen LogP contribution is -2.40. The van der Waals surface area contributed by atoms with E-state index in [1.54, 1.807) is 12.1 Å². The smallest absolute Gasteiger partial charge is 0.319 e. The van der Waals surface area contributed by atoms with Crippen LogP contribution in [0.15, 0.2) is 41.0 Å². The zero-order valence-electron chi connectivity index (χ0n) is 11.2. The first-order valence-electron chi connectivity index (χ1n) is 6.15. The van der Waals surface area contributed by atoms with Crippen LogP contribution in [-0.4, -0.2) is 17.7 Å². The molecule has 0 saturated heterocycles. The molecule has 0 spiro atoms. The van der Waals surface area contributed by atoms with Gasteiger partial charge in [-0.25, -0.2) is 9.18 Å². The summed E-state index contributed by atoms with van der Waals surface area (Å²) in [7, 11) is 0. The van der Waals surface area contributed by atoms with Gasteiger partial charge in [-0.1, -0.05) is 11.6 Å². The van der Waals surface area contributed by atoms with E-state index in [-0.39, 0.29) is 12.2 Å². The molecule has 0 fully saturated rings. The second-order valence-electron chi connectivity index (χ2n) is 4.68. The van der Waals surface area contributed by atoms with Crippen LogP contribution in [0, 0.1) is 5.82 Å². The van der Waals surface area contributed by atoms with Gasteiger partial charge in [0.05, 0.1) is 18.5 Å². The summed E-state index contributed by atoms with van der Waals surface area (Å²) in [6.07, 6.45) is 1.42. The normalized spacial score (nSPS) is 13.5. The largest absolute Gasteiger partial charge is 0.466 e. The number of carbonyl (C=O) groups is 1. The number of hydrogen-bond acceptors (Lipinski definition) is 3. The minimum Gasteiger partial charge on any atom is -0.466 e. The summed E-state index contributed by atoms with van der Waals surface area (Å²) in [5.41, 5.74) is -1.41. The summed E-state index contributed by atoms with van der Waals surface area (Å²) in [4.78, 5) is 11.7. The van der Waals surface area contributed by atoms with Gasteiger partial charge in [0.1, 0.15) is 17.2 Å². The predicted molar refractivity (Wildman–Crippen MR) is 76.7 cm³/mol. The van der Waals surface area contributed by atoms with Crippen molar-refractivity contribution < 1.29 is 18.7 Å². The molecule has 1 atom stereocenters. The average Bonchev–Trinajstić information content (AvgIpc) is 2.96. The third kappa shape index (κ3) is 3.96. The van der Waals surface area contributed by atoms with Gasteiger partial charge in [-0.2, -0.15) is 0 Å². The molecule has 1 aromatic carbocycles. The van der Waals surface area contributed by atoms with Crippen LogP contribution in [0.2, 0.25) is 5.02 Å². The van der Waals surface area contributed by atoms with Crippen molar-refractivity contribution in [2.75, 3.05) is 11.9 Å². The maximum absolute atomic E-state index is 13.5. The van der Waals surface area contributed by atoms with E-state index in [0.29, 0.717) is 10.8 Å². The van der Waals surface area contributed by atoms with Crippen LogP contribution in [0.3, 0.4) is 0 Å². The number of rotatable bonds is 4. The molecule has 0 saturated carbocycles. The summed E-state index contributed by atoms with van der Waals surface area (Å²) in [5.74, 6) is -0.288. The van der Waals surface area contributed by atoms with Crippen LogP contribution < -0.4 is 10.6 Å². The van der Waals surface area contributed by atoms with E-state index in [9.17, 15) is 14.3 Å². The van der Waals surface area contributed by atoms with Gasteiger partial charge in [0.25, 0.3) is 0 Å². The molecule has 2 aromatic rings. The highest BCUT2D eigenvalue weighted by atomic mass is 35.5. The standard InChI is InChI=1S/C14H14ClFN2O3/c1-14(20,12-3-2-6-21-12)8-17-13(19)18-11-7-9(15)4-5-10(11)16/h2-7,20H,8H2,1H3,(H2,17,18,19)/t14-/m0/s1. The first kappa shape index (κ1) is 15.3. The van der Waals surface area contributed by atoms with E-state index in [0.717, 1.165) is 6.07 Å². The summed E-state index contributed by atoms with van der Waals surface area (Å²) < 4.78 is 18.5. The van der Waals surface area contributed by atoms with Crippen LogP contribution >= 0.6 is 11.6 Å². The van der Waals surface area contributed by atoms with Gasteiger partial charge in [0, 0.05) is 5.02 Å². The quantitative estimate of drug-likeness (QED) is 0.812. The topological polar surface area (TPSA) is 74.5 Å². The number of benzene rings is 1. The van der Waals surface area contributed by atoms with Crippen molar-refractivity contribution in [2.45, 2.75) is 12.5 Å². The Morgan fingerprint density at radius 1 is 1.48 bits per heavy atom. The number of furan rings is 1. The van der Waals surface area contributed by atoms with E-state index in [1.807, 2.05) is 0 Å². The van der Waals surface area contributed by atoms with E-state index >= 15 is 0 Å². The van der Waals surface area contributed by atoms with Gasteiger partial charge in [-0.15, -0.1) is 0 Å². The number of hydrogen-bond donors (Lipinski definition) is 3. The van der Waals surface area contributed by atoms with Gasteiger partial charge in [-0.05, 0) is 37.3 Å². The Hall–Kier alpha value is -2.05. The molecule has 0 bridgehead atoms. The third-order valence-corrected chi connectivity index (χ3v) is 3.06. The van der Waals surface area contributed by atoms with E-state index < -0.39 is 17.4 Å². The molecule has 2 rings (SSSR count). The zero-order valence-corrected chi connectivity index (χ0v) is 11.9. The highest BCUT2D eigenvalue weighted by Gasteiger charge is 2.26. The van der Waals surface area contributed by atoms with Gasteiger partial charge in [-0.3, -0.25) is 0 Å². The molecule has 1 heterocycles. The summed E-state index contributed by atoms with van der Waals surface area (Å²) >= 11 is 5.73. The summed E-state index contributed by atoms with van der Waals surface area (Å²) in [6.45, 7) is 1.39. The lowest BCUT2D eigenvalue weighted by Gasteiger charge is -2.21. The number of halogens is 2. The lowest BCUT2D eigenvalue weighted by molar-refractivity contribution is 0.0372. The first-order chi connectivity index (χ1) is 9.88. The molecule has 0 aliphatic carbocycles. The fourth-order valence-corrected chi connectivity index (χ4v) is 1.86. The van der Waals surface area contributed by atoms with Crippen LogP contribution in [-0.2, 0) is 5.60 Å². The van der Waals surface area contributed by atoms with Crippen molar-refractivity contribution in [3.05, 3.63) is 53.2 Å². The van der Waals surface area contributed by atoms with Gasteiger partial charge >= 0.3 is 6.03 Å². The molecule has 0 aliphatic rings. The van der Waals surface area contributed by atoms with Crippen molar-refractivity contribution in [1.82, 2.24) is 5.32 Å². The Labute approximate surface area is 125 Å². The highest BCUT2D eigenvalue weighted by Crippen LogP contribution is 2.21. The zero-order chi connectivity index (χ0) is 15.5. The Bertz CT molecular complexity index is 629. The van der Waals surface area contributed by atoms with Crippen LogP contribution in [0.4, 0.5) is 14.9 Å². The highest BCUT2D eigenvalue weighted by molar-refractivity contribution is 6.30. The minimum atomic E-state index is -1.37. The Kier molecular flexibility index (Phi) is 4.50. The van der Waals surface area contributed by atoms with E-state index in [4.69, 9.17) is 16.0 Å². The van der Waals surface area contributed by atoms with Crippen molar-refractivity contribution in [3.8, 4) is 0 Å². The Morgan fingerprint density at radius 3 is 2.90 bits per heavy atom. The molecule has 112 valence electrons. The van der Waals surface area contributed by atoms with Gasteiger partial charge in [0.2, 0.25) is 0 Å². The molecule has 3 N–H and O–H groups in total. The maximum atomic E-state index is 13.5. The second kappa shape index (κ2) is 6.15. The number of urea groups is 1. The molecule has 0 radical (unpaired) electrons. The number of aliphatic hydroxyl groups is 1. The molecule has 0 unspecified atom stereocenters. The molecular formula is C14H14ClFN2O3. The van der Waals surface area contributed by atoms with Crippen LogP contribution in [0.25, 0.3) is 0 Å². The summed E-state index contributed by atoms with van der Waals surface area (Å²) in [6, 6.07) is 6.38. The Balaban J connectivity index is 1.95. The van der Waals surface area contributed by atoms with Crippen LogP contribution in [0.5, 0.6) is 0 Å². The van der Waals surface area contributed by atoms with Crippen LogP contribution in [0.1, 0.15) is 12.7 Å².